The van der Waals surface area contributed by atoms with Crippen LogP contribution in [0.2, 0.25) is 0 Å². The molecule has 1 saturated heterocycles. The summed E-state index contributed by atoms with van der Waals surface area (Å²) in [5, 5.41) is 20.3. The molecule has 0 aliphatic carbocycles. The second-order valence-corrected chi connectivity index (χ2v) is 9.53. The molecule has 11 heteroatoms. The molecule has 5 atom stereocenters. The summed E-state index contributed by atoms with van der Waals surface area (Å²) < 4.78 is 0. The normalized spacial score (nSPS) is 19.1. The molecule has 0 bridgehead atoms. The fourth-order valence-corrected chi connectivity index (χ4v) is 3.86. The van der Waals surface area contributed by atoms with Gasteiger partial charge in [0.1, 0.15) is 12.1 Å². The van der Waals surface area contributed by atoms with E-state index in [9.17, 15) is 24.0 Å². The van der Waals surface area contributed by atoms with E-state index in [1.807, 2.05) is 27.7 Å². The lowest BCUT2D eigenvalue weighted by atomic mass is 9.96. The van der Waals surface area contributed by atoms with Gasteiger partial charge < -0.3 is 32.1 Å². The van der Waals surface area contributed by atoms with Crippen LogP contribution in [0.5, 0.6) is 0 Å². The van der Waals surface area contributed by atoms with Gasteiger partial charge in [0.2, 0.25) is 23.6 Å². The number of amides is 4. The lowest BCUT2D eigenvalue weighted by molar-refractivity contribution is -0.134. The van der Waals surface area contributed by atoms with Gasteiger partial charge in [-0.1, -0.05) is 40.2 Å². The number of rotatable bonds is 15. The Hall–Kier alpha value is -2.95. The highest BCUT2D eigenvalue weighted by atomic mass is 16.4. The Morgan fingerprint density at radius 3 is 2.29 bits per heavy atom. The number of nitrogens with one attached hydrogen (secondary N) is 4. The van der Waals surface area contributed by atoms with Gasteiger partial charge in [-0.15, -0.1) is 0 Å². The van der Waals surface area contributed by atoms with Gasteiger partial charge in [0.15, 0.2) is 0 Å². The molecular weight excluding hydrogens is 454 g/mol. The highest BCUT2D eigenvalue weighted by molar-refractivity contribution is 5.93. The molecule has 1 rings (SSSR count). The van der Waals surface area contributed by atoms with Crippen LogP contribution in [0.4, 0.5) is 0 Å². The van der Waals surface area contributed by atoms with E-state index < -0.39 is 47.9 Å². The van der Waals surface area contributed by atoms with Crippen molar-refractivity contribution >= 4 is 29.6 Å². The first-order chi connectivity index (χ1) is 16.4. The van der Waals surface area contributed by atoms with E-state index in [1.165, 1.54) is 6.08 Å². The average molecular weight is 496 g/mol. The molecule has 1 aliphatic rings. The molecule has 4 amide bonds. The van der Waals surface area contributed by atoms with Crippen molar-refractivity contribution in [3.05, 3.63) is 12.2 Å². The fourth-order valence-electron chi connectivity index (χ4n) is 3.86. The van der Waals surface area contributed by atoms with Crippen LogP contribution in [0.25, 0.3) is 0 Å². The number of carbonyl (C=O) groups excluding carboxylic acids is 4. The van der Waals surface area contributed by atoms with Gasteiger partial charge in [0, 0.05) is 18.5 Å². The summed E-state index contributed by atoms with van der Waals surface area (Å²) >= 11 is 0. The van der Waals surface area contributed by atoms with Crippen molar-refractivity contribution in [2.24, 2.45) is 17.6 Å². The molecular formula is C24H41N5O6. The van der Waals surface area contributed by atoms with E-state index in [0.29, 0.717) is 25.8 Å². The van der Waals surface area contributed by atoms with E-state index >= 15 is 0 Å². The Morgan fingerprint density at radius 2 is 1.77 bits per heavy atom. The van der Waals surface area contributed by atoms with E-state index in [1.54, 1.807) is 0 Å². The number of carbonyl (C=O) groups is 5. The second-order valence-electron chi connectivity index (χ2n) is 9.53. The summed E-state index contributed by atoms with van der Waals surface area (Å²) in [6.45, 7) is 8.31. The molecule has 1 unspecified atom stereocenters. The van der Waals surface area contributed by atoms with Gasteiger partial charge in [-0.2, -0.15) is 0 Å². The number of carboxylic acid groups (broad SMARTS) is 1. The van der Waals surface area contributed by atoms with Crippen molar-refractivity contribution in [3.63, 3.8) is 0 Å². The zero-order chi connectivity index (χ0) is 26.5. The summed E-state index contributed by atoms with van der Waals surface area (Å²) in [5.41, 5.74) is 5.25. The minimum absolute atomic E-state index is 0.00575. The predicted octanol–water partition coefficient (Wildman–Crippen LogP) is 0.191. The summed E-state index contributed by atoms with van der Waals surface area (Å²) in [7, 11) is 0. The van der Waals surface area contributed by atoms with Gasteiger partial charge in [-0.25, -0.2) is 4.79 Å². The molecule has 11 nitrogen and oxygen atoms in total. The van der Waals surface area contributed by atoms with Crippen LogP contribution in [0.1, 0.15) is 66.2 Å². The zero-order valence-corrected chi connectivity index (χ0v) is 21.1. The molecule has 1 heterocycles. The average Bonchev–Trinajstić information content (AvgIpc) is 3.32. The summed E-state index contributed by atoms with van der Waals surface area (Å²) in [5.74, 6) is -3.16. The molecule has 1 fully saturated rings. The highest BCUT2D eigenvalue weighted by Gasteiger charge is 2.32. The third kappa shape index (κ3) is 11.3. The molecule has 0 radical (unpaired) electrons. The number of aliphatic carboxylic acids is 1. The molecule has 198 valence electrons. The van der Waals surface area contributed by atoms with Crippen molar-refractivity contribution in [1.29, 1.82) is 0 Å². The Balaban J connectivity index is 3.00. The molecule has 35 heavy (non-hydrogen) atoms. The Labute approximate surface area is 207 Å². The first-order valence-electron chi connectivity index (χ1n) is 12.3. The predicted molar refractivity (Wildman–Crippen MR) is 131 cm³/mol. The number of hydrogen-bond donors (Lipinski definition) is 6. The summed E-state index contributed by atoms with van der Waals surface area (Å²) in [6, 6.07) is -2.89. The van der Waals surface area contributed by atoms with Crippen LogP contribution in [0, 0.1) is 11.8 Å². The number of hydrogen-bond acceptors (Lipinski definition) is 6. The maximum atomic E-state index is 13.2. The third-order valence-corrected chi connectivity index (χ3v) is 6.01. The fraction of sp³-hybridized carbons (Fsp3) is 0.708. The minimum Gasteiger partial charge on any atom is -0.478 e. The van der Waals surface area contributed by atoms with Crippen LogP contribution in [0.15, 0.2) is 12.2 Å². The SMILES string of the molecule is CC[C@H](C)[C@H](NC(=O)[C@H](CCC(N)=O)NC(=O)[C@@H]1CCCN1)C(=O)NC(/C=C/C(=O)O)CC(C)C. The van der Waals surface area contributed by atoms with Gasteiger partial charge >= 0.3 is 5.97 Å². The van der Waals surface area contributed by atoms with Crippen LogP contribution in [-0.2, 0) is 24.0 Å². The first-order valence-corrected chi connectivity index (χ1v) is 12.3. The van der Waals surface area contributed by atoms with Crippen molar-refractivity contribution in [1.82, 2.24) is 21.3 Å². The van der Waals surface area contributed by atoms with Crippen LogP contribution >= 0.6 is 0 Å². The quantitative estimate of drug-likeness (QED) is 0.175. The monoisotopic (exact) mass is 495 g/mol. The molecule has 0 spiro atoms. The van der Waals surface area contributed by atoms with Gasteiger partial charge in [-0.05, 0) is 44.1 Å². The van der Waals surface area contributed by atoms with Crippen LogP contribution in [0.3, 0.4) is 0 Å². The number of primary amides is 1. The lowest BCUT2D eigenvalue weighted by Crippen LogP contribution is -2.58. The van der Waals surface area contributed by atoms with Gasteiger partial charge in [0.25, 0.3) is 0 Å². The van der Waals surface area contributed by atoms with E-state index in [4.69, 9.17) is 10.8 Å². The molecule has 7 N–H and O–H groups in total. The Bertz CT molecular complexity index is 778. The van der Waals surface area contributed by atoms with Crippen molar-refractivity contribution in [2.45, 2.75) is 90.4 Å². The number of carboxylic acids is 1. The van der Waals surface area contributed by atoms with E-state index in [0.717, 1.165) is 12.5 Å². The van der Waals surface area contributed by atoms with Crippen molar-refractivity contribution < 1.29 is 29.1 Å². The molecule has 1 aliphatic heterocycles. The maximum absolute atomic E-state index is 13.2. The Kier molecular flexibility index (Phi) is 13.0. The highest BCUT2D eigenvalue weighted by Crippen LogP contribution is 2.13. The standard InChI is InChI=1S/C24H41N5O6/c1-5-15(4)21(24(35)27-16(13-14(2)3)8-11-20(31)32)29-23(34)18(9-10-19(25)30)28-22(33)17-7-6-12-26-17/h8,11,14-18,21,26H,5-7,9-10,12-13H2,1-4H3,(H2,25,30)(H,27,35)(H,28,33)(H,29,34)(H,31,32)/b11-8+/t15-,16?,17-,18-,21-/m0/s1. The summed E-state index contributed by atoms with van der Waals surface area (Å²) in [4.78, 5) is 61.2. The summed E-state index contributed by atoms with van der Waals surface area (Å²) in [6.07, 6.45) is 4.90. The molecule has 0 aromatic carbocycles. The topological polar surface area (TPSA) is 180 Å². The number of nitrogens with two attached hydrogens (primary N) is 1. The van der Waals surface area contributed by atoms with Crippen molar-refractivity contribution in [3.8, 4) is 0 Å². The zero-order valence-electron chi connectivity index (χ0n) is 21.1. The maximum Gasteiger partial charge on any atom is 0.328 e. The van der Waals surface area contributed by atoms with Gasteiger partial charge in [0.05, 0.1) is 6.04 Å². The molecule has 0 aromatic heterocycles. The molecule has 0 aromatic rings. The molecule has 0 saturated carbocycles. The third-order valence-electron chi connectivity index (χ3n) is 6.01. The van der Waals surface area contributed by atoms with Crippen molar-refractivity contribution in [2.75, 3.05) is 6.54 Å². The largest absolute Gasteiger partial charge is 0.478 e. The van der Waals surface area contributed by atoms with E-state index in [2.05, 4.69) is 21.3 Å². The van der Waals surface area contributed by atoms with Crippen LogP contribution in [-0.4, -0.2) is 65.4 Å². The smallest absolute Gasteiger partial charge is 0.328 e. The minimum atomic E-state index is -1.12. The first kappa shape index (κ1) is 30.1. The van der Waals surface area contributed by atoms with Gasteiger partial charge in [-0.3, -0.25) is 19.2 Å². The van der Waals surface area contributed by atoms with Crippen LogP contribution < -0.4 is 27.0 Å². The Morgan fingerprint density at radius 1 is 1.09 bits per heavy atom. The second kappa shape index (κ2) is 15.1. The lowest BCUT2D eigenvalue weighted by Gasteiger charge is -2.28. The van der Waals surface area contributed by atoms with E-state index in [-0.39, 0.29) is 30.6 Å².